The van der Waals surface area contributed by atoms with E-state index in [0.29, 0.717) is 0 Å². The van der Waals surface area contributed by atoms with E-state index < -0.39 is 0 Å². The lowest BCUT2D eigenvalue weighted by molar-refractivity contribution is 0.0593. The molecule has 0 aromatic heterocycles. The Balaban J connectivity index is 1.81. The zero-order chi connectivity index (χ0) is 20.1. The van der Waals surface area contributed by atoms with Crippen LogP contribution in [0.2, 0.25) is 0 Å². The van der Waals surface area contributed by atoms with Crippen molar-refractivity contribution in [3.63, 3.8) is 0 Å². The Bertz CT molecular complexity index is 893. The molecule has 5 heteroatoms. The number of ether oxygens (including phenoxy) is 1. The van der Waals surface area contributed by atoms with E-state index in [-0.39, 0.29) is 24.0 Å². The first kappa shape index (κ1) is 19.4. The first-order valence-corrected chi connectivity index (χ1v) is 10.4. The van der Waals surface area contributed by atoms with Gasteiger partial charge in [0.05, 0.1) is 11.4 Å². The van der Waals surface area contributed by atoms with Crippen LogP contribution in [0.25, 0.3) is 0 Å². The van der Waals surface area contributed by atoms with Gasteiger partial charge < -0.3 is 10.1 Å². The van der Waals surface area contributed by atoms with Gasteiger partial charge in [0.15, 0.2) is 0 Å². The average Bonchev–Trinajstić information content (AvgIpc) is 2.77. The quantitative estimate of drug-likeness (QED) is 0.818. The highest BCUT2D eigenvalue weighted by molar-refractivity contribution is 6.11. The van der Waals surface area contributed by atoms with Gasteiger partial charge in [-0.1, -0.05) is 73.5 Å². The van der Waals surface area contributed by atoms with Crippen LogP contribution in [0.15, 0.2) is 70.9 Å². The zero-order valence-corrected chi connectivity index (χ0v) is 16.8. The van der Waals surface area contributed by atoms with E-state index in [0.717, 1.165) is 54.7 Å². The summed E-state index contributed by atoms with van der Waals surface area (Å²) in [6.45, 7) is 0. The lowest BCUT2D eigenvalue weighted by Crippen LogP contribution is -2.45. The average molecular weight is 389 g/mol. The SMILES string of the molecule is CNC(=O)OC1CCCCCC2C(c3ccccc3)=NN=C(c3ccccc3)C12. The number of rotatable bonds is 3. The van der Waals surface area contributed by atoms with Crippen LogP contribution in [0.1, 0.15) is 43.2 Å². The number of alkyl carbamates (subject to hydrolysis) is 1. The Hall–Kier alpha value is -2.95. The minimum atomic E-state index is -0.384. The highest BCUT2D eigenvalue weighted by Gasteiger charge is 2.42. The molecule has 0 saturated heterocycles. The highest BCUT2D eigenvalue weighted by Crippen LogP contribution is 2.38. The second kappa shape index (κ2) is 9.03. The number of nitrogens with one attached hydrogen (secondary N) is 1. The molecule has 1 aliphatic heterocycles. The molecule has 0 radical (unpaired) electrons. The highest BCUT2D eigenvalue weighted by atomic mass is 16.6. The molecule has 2 aromatic carbocycles. The molecular weight excluding hydrogens is 362 g/mol. The van der Waals surface area contributed by atoms with Crippen LogP contribution in [0.5, 0.6) is 0 Å². The van der Waals surface area contributed by atoms with Crippen molar-refractivity contribution in [3.8, 4) is 0 Å². The molecule has 4 rings (SSSR count). The van der Waals surface area contributed by atoms with Crippen LogP contribution < -0.4 is 5.32 Å². The molecule has 1 saturated carbocycles. The Morgan fingerprint density at radius 3 is 2.10 bits per heavy atom. The third-order valence-corrected chi connectivity index (χ3v) is 5.87. The lowest BCUT2D eigenvalue weighted by atomic mass is 9.71. The molecule has 1 heterocycles. The van der Waals surface area contributed by atoms with E-state index in [2.05, 4.69) is 29.6 Å². The predicted molar refractivity (Wildman–Crippen MR) is 115 cm³/mol. The molecule has 1 aliphatic carbocycles. The van der Waals surface area contributed by atoms with E-state index in [9.17, 15) is 4.79 Å². The van der Waals surface area contributed by atoms with E-state index in [1.165, 1.54) is 0 Å². The summed E-state index contributed by atoms with van der Waals surface area (Å²) in [5, 5.41) is 12.0. The third kappa shape index (κ3) is 4.24. The fraction of sp³-hybridized carbons (Fsp3) is 0.375. The number of carbonyl (C=O) groups is 1. The van der Waals surface area contributed by atoms with Crippen LogP contribution in [0.3, 0.4) is 0 Å². The van der Waals surface area contributed by atoms with Crippen molar-refractivity contribution in [1.82, 2.24) is 5.32 Å². The second-order valence-corrected chi connectivity index (χ2v) is 7.67. The van der Waals surface area contributed by atoms with E-state index in [1.807, 2.05) is 36.4 Å². The van der Waals surface area contributed by atoms with Gasteiger partial charge in [0, 0.05) is 18.9 Å². The maximum Gasteiger partial charge on any atom is 0.407 e. The van der Waals surface area contributed by atoms with Gasteiger partial charge in [0.2, 0.25) is 0 Å². The molecule has 3 unspecified atom stereocenters. The summed E-state index contributed by atoms with van der Waals surface area (Å²) in [6, 6.07) is 20.4. The molecule has 5 nitrogen and oxygen atoms in total. The molecule has 0 spiro atoms. The van der Waals surface area contributed by atoms with Crippen molar-refractivity contribution in [2.24, 2.45) is 22.0 Å². The van der Waals surface area contributed by atoms with Crippen LogP contribution >= 0.6 is 0 Å². The van der Waals surface area contributed by atoms with E-state index >= 15 is 0 Å². The molecule has 1 fully saturated rings. The number of hydrogen-bond donors (Lipinski definition) is 1. The smallest absolute Gasteiger partial charge is 0.407 e. The van der Waals surface area contributed by atoms with Crippen LogP contribution in [-0.4, -0.2) is 30.7 Å². The third-order valence-electron chi connectivity index (χ3n) is 5.87. The van der Waals surface area contributed by atoms with Crippen molar-refractivity contribution >= 4 is 17.5 Å². The number of amides is 1. The summed E-state index contributed by atoms with van der Waals surface area (Å²) in [5.74, 6) is 0.155. The number of benzene rings is 2. The van der Waals surface area contributed by atoms with Crippen LogP contribution in [-0.2, 0) is 4.74 Å². The Kier molecular flexibility index (Phi) is 6.03. The Labute approximate surface area is 171 Å². The number of fused-ring (bicyclic) bond motifs is 1. The molecule has 0 bridgehead atoms. The zero-order valence-electron chi connectivity index (χ0n) is 16.8. The van der Waals surface area contributed by atoms with Gasteiger partial charge >= 0.3 is 6.09 Å². The van der Waals surface area contributed by atoms with Crippen molar-refractivity contribution in [2.45, 2.75) is 38.2 Å². The summed E-state index contributed by atoms with van der Waals surface area (Å²) in [7, 11) is 1.60. The minimum Gasteiger partial charge on any atom is -0.446 e. The van der Waals surface area contributed by atoms with Crippen molar-refractivity contribution in [1.29, 1.82) is 0 Å². The van der Waals surface area contributed by atoms with Crippen molar-refractivity contribution in [3.05, 3.63) is 71.8 Å². The van der Waals surface area contributed by atoms with Crippen LogP contribution in [0.4, 0.5) is 4.79 Å². The maximum absolute atomic E-state index is 12.1. The van der Waals surface area contributed by atoms with Gasteiger partial charge in [0.25, 0.3) is 0 Å². The summed E-state index contributed by atoms with van der Waals surface area (Å²) < 4.78 is 5.90. The summed E-state index contributed by atoms with van der Waals surface area (Å²) in [5.41, 5.74) is 4.07. The molecule has 2 aromatic rings. The first-order valence-electron chi connectivity index (χ1n) is 10.4. The number of hydrogen-bond acceptors (Lipinski definition) is 4. The lowest BCUT2D eigenvalue weighted by Gasteiger charge is -2.38. The van der Waals surface area contributed by atoms with E-state index in [1.54, 1.807) is 7.05 Å². The summed E-state index contributed by atoms with van der Waals surface area (Å²) in [4.78, 5) is 12.1. The van der Waals surface area contributed by atoms with Gasteiger partial charge in [-0.05, 0) is 30.4 Å². The maximum atomic E-state index is 12.1. The Morgan fingerprint density at radius 2 is 1.45 bits per heavy atom. The summed E-state index contributed by atoms with van der Waals surface area (Å²) >= 11 is 0. The van der Waals surface area contributed by atoms with Crippen molar-refractivity contribution in [2.75, 3.05) is 7.05 Å². The molecule has 150 valence electrons. The number of carbonyl (C=O) groups excluding carboxylic acids is 1. The monoisotopic (exact) mass is 389 g/mol. The molecular formula is C24H27N3O2. The standard InChI is InChI=1S/C24H27N3O2/c1-25-24(28)29-20-16-10-4-9-15-19-21(20)23(18-13-7-3-8-14-18)27-26-22(19)17-11-5-2-6-12-17/h2-3,5-8,11-14,19-21H,4,9-10,15-16H2,1H3,(H,25,28). The van der Waals surface area contributed by atoms with Gasteiger partial charge in [0.1, 0.15) is 6.10 Å². The van der Waals surface area contributed by atoms with Gasteiger partial charge in [-0.25, -0.2) is 4.79 Å². The summed E-state index contributed by atoms with van der Waals surface area (Å²) in [6.07, 6.45) is 4.56. The largest absolute Gasteiger partial charge is 0.446 e. The van der Waals surface area contributed by atoms with Gasteiger partial charge in [-0.3, -0.25) is 0 Å². The van der Waals surface area contributed by atoms with Crippen LogP contribution in [0, 0.1) is 11.8 Å². The van der Waals surface area contributed by atoms with E-state index in [4.69, 9.17) is 14.9 Å². The molecule has 2 aliphatic rings. The second-order valence-electron chi connectivity index (χ2n) is 7.67. The Morgan fingerprint density at radius 1 is 0.862 bits per heavy atom. The minimum absolute atomic E-state index is 0.0114. The topological polar surface area (TPSA) is 63.0 Å². The molecule has 1 N–H and O–H groups in total. The molecule has 3 atom stereocenters. The van der Waals surface area contributed by atoms with Gasteiger partial charge in [-0.15, -0.1) is 0 Å². The molecule has 1 amide bonds. The molecule has 29 heavy (non-hydrogen) atoms. The fourth-order valence-electron chi connectivity index (χ4n) is 4.50. The number of nitrogens with zero attached hydrogens (tertiary/aromatic N) is 2. The van der Waals surface area contributed by atoms with Crippen molar-refractivity contribution < 1.29 is 9.53 Å². The first-order chi connectivity index (χ1) is 14.3. The van der Waals surface area contributed by atoms with Gasteiger partial charge in [-0.2, -0.15) is 10.2 Å². The fourth-order valence-corrected chi connectivity index (χ4v) is 4.50. The normalized spacial score (nSPS) is 24.2. The predicted octanol–water partition coefficient (Wildman–Crippen LogP) is 4.81.